The Morgan fingerprint density at radius 1 is 1.22 bits per heavy atom. The fourth-order valence-corrected chi connectivity index (χ4v) is 3.48. The number of rotatable bonds is 2. The number of fused-ring (bicyclic) bond motifs is 3. The SMILES string of the molecule is Cc1cccc(C(=O)Nc2nc3c(s2)COc2ccccc2-3)c1. The zero-order valence-corrected chi connectivity index (χ0v) is 13.3. The number of thiazole rings is 1. The van der Waals surface area contributed by atoms with Gasteiger partial charge < -0.3 is 4.74 Å². The van der Waals surface area contributed by atoms with E-state index in [1.165, 1.54) is 11.3 Å². The van der Waals surface area contributed by atoms with Crippen LogP contribution in [0.25, 0.3) is 11.3 Å². The minimum absolute atomic E-state index is 0.144. The third-order valence-corrected chi connectivity index (χ3v) is 4.64. The molecule has 1 aliphatic heterocycles. The molecule has 4 nitrogen and oxygen atoms in total. The monoisotopic (exact) mass is 322 g/mol. The molecule has 0 fully saturated rings. The first-order chi connectivity index (χ1) is 11.2. The fourth-order valence-electron chi connectivity index (χ4n) is 2.60. The molecule has 2 heterocycles. The van der Waals surface area contributed by atoms with Crippen molar-refractivity contribution in [3.8, 4) is 17.0 Å². The van der Waals surface area contributed by atoms with Gasteiger partial charge in [-0.2, -0.15) is 0 Å². The van der Waals surface area contributed by atoms with Crippen LogP contribution in [0, 0.1) is 6.92 Å². The maximum Gasteiger partial charge on any atom is 0.257 e. The topological polar surface area (TPSA) is 51.2 Å². The number of carbonyl (C=O) groups excluding carboxylic acids is 1. The molecule has 1 aromatic heterocycles. The van der Waals surface area contributed by atoms with Gasteiger partial charge in [-0.15, -0.1) is 0 Å². The second kappa shape index (κ2) is 5.52. The summed E-state index contributed by atoms with van der Waals surface area (Å²) in [5.74, 6) is 0.691. The summed E-state index contributed by atoms with van der Waals surface area (Å²) in [6.07, 6.45) is 0. The summed E-state index contributed by atoms with van der Waals surface area (Å²) in [6.45, 7) is 2.46. The van der Waals surface area contributed by atoms with E-state index in [1.807, 2.05) is 49.4 Å². The highest BCUT2D eigenvalue weighted by Gasteiger charge is 2.22. The number of anilines is 1. The molecular weight excluding hydrogens is 308 g/mol. The smallest absolute Gasteiger partial charge is 0.257 e. The fraction of sp³-hybridized carbons (Fsp3) is 0.111. The van der Waals surface area contributed by atoms with Crippen LogP contribution in [0.2, 0.25) is 0 Å². The summed E-state index contributed by atoms with van der Waals surface area (Å²) in [7, 11) is 0. The third-order valence-electron chi connectivity index (χ3n) is 3.70. The van der Waals surface area contributed by atoms with Gasteiger partial charge in [0, 0.05) is 11.1 Å². The highest BCUT2D eigenvalue weighted by Crippen LogP contribution is 2.40. The molecule has 1 aliphatic rings. The van der Waals surface area contributed by atoms with Crippen molar-refractivity contribution in [1.82, 2.24) is 4.98 Å². The quantitative estimate of drug-likeness (QED) is 0.767. The second-order valence-electron chi connectivity index (χ2n) is 5.40. The summed E-state index contributed by atoms with van der Waals surface area (Å²) < 4.78 is 5.73. The molecule has 0 bridgehead atoms. The van der Waals surface area contributed by atoms with Crippen LogP contribution < -0.4 is 10.1 Å². The van der Waals surface area contributed by atoms with Crippen LogP contribution in [0.3, 0.4) is 0 Å². The zero-order valence-electron chi connectivity index (χ0n) is 12.5. The molecule has 0 saturated heterocycles. The molecule has 23 heavy (non-hydrogen) atoms. The van der Waals surface area contributed by atoms with Gasteiger partial charge in [-0.1, -0.05) is 41.2 Å². The average Bonchev–Trinajstić information content (AvgIpc) is 2.97. The minimum Gasteiger partial charge on any atom is -0.487 e. The summed E-state index contributed by atoms with van der Waals surface area (Å²) in [4.78, 5) is 18.0. The number of nitrogens with one attached hydrogen (secondary N) is 1. The van der Waals surface area contributed by atoms with E-state index in [-0.39, 0.29) is 5.91 Å². The van der Waals surface area contributed by atoms with Crippen LogP contribution in [-0.2, 0) is 6.61 Å². The molecule has 5 heteroatoms. The molecule has 0 spiro atoms. The lowest BCUT2D eigenvalue weighted by Crippen LogP contribution is -2.11. The lowest BCUT2D eigenvalue weighted by atomic mass is 10.1. The number of hydrogen-bond donors (Lipinski definition) is 1. The van der Waals surface area contributed by atoms with Crippen molar-refractivity contribution in [3.05, 3.63) is 64.5 Å². The van der Waals surface area contributed by atoms with Crippen molar-refractivity contribution in [2.24, 2.45) is 0 Å². The Kier molecular flexibility index (Phi) is 3.35. The number of aryl methyl sites for hydroxylation is 1. The number of amides is 1. The third kappa shape index (κ3) is 2.59. The van der Waals surface area contributed by atoms with Gasteiger partial charge in [0.25, 0.3) is 5.91 Å². The van der Waals surface area contributed by atoms with Gasteiger partial charge in [-0.05, 0) is 31.2 Å². The molecule has 0 aliphatic carbocycles. The van der Waals surface area contributed by atoms with Crippen LogP contribution in [0.15, 0.2) is 48.5 Å². The Labute approximate surface area is 137 Å². The Morgan fingerprint density at radius 3 is 2.96 bits per heavy atom. The van der Waals surface area contributed by atoms with Gasteiger partial charge in [-0.25, -0.2) is 4.98 Å². The van der Waals surface area contributed by atoms with Gasteiger partial charge in [0.1, 0.15) is 12.4 Å². The van der Waals surface area contributed by atoms with E-state index in [0.717, 1.165) is 27.4 Å². The van der Waals surface area contributed by atoms with Crippen molar-refractivity contribution >= 4 is 22.4 Å². The van der Waals surface area contributed by atoms with Crippen molar-refractivity contribution in [1.29, 1.82) is 0 Å². The molecule has 0 radical (unpaired) electrons. The van der Waals surface area contributed by atoms with E-state index < -0.39 is 0 Å². The number of nitrogens with zero attached hydrogens (tertiary/aromatic N) is 1. The Bertz CT molecular complexity index is 902. The average molecular weight is 322 g/mol. The lowest BCUT2D eigenvalue weighted by Gasteiger charge is -2.15. The number of para-hydroxylation sites is 1. The maximum atomic E-state index is 12.3. The van der Waals surface area contributed by atoms with Gasteiger partial charge in [0.2, 0.25) is 0 Å². The van der Waals surface area contributed by atoms with Crippen molar-refractivity contribution in [2.75, 3.05) is 5.32 Å². The Morgan fingerprint density at radius 2 is 2.09 bits per heavy atom. The lowest BCUT2D eigenvalue weighted by molar-refractivity contribution is 0.102. The van der Waals surface area contributed by atoms with Gasteiger partial charge in [0.05, 0.1) is 10.6 Å². The van der Waals surface area contributed by atoms with Gasteiger partial charge in [-0.3, -0.25) is 10.1 Å². The summed E-state index contributed by atoms with van der Waals surface area (Å²) >= 11 is 1.46. The normalized spacial score (nSPS) is 12.0. The molecule has 1 amide bonds. The predicted molar refractivity (Wildman–Crippen MR) is 91.0 cm³/mol. The zero-order chi connectivity index (χ0) is 15.8. The molecule has 114 valence electrons. The first-order valence-electron chi connectivity index (χ1n) is 7.30. The highest BCUT2D eigenvalue weighted by atomic mass is 32.1. The van der Waals surface area contributed by atoms with E-state index in [2.05, 4.69) is 10.3 Å². The Hall–Kier alpha value is -2.66. The van der Waals surface area contributed by atoms with Crippen LogP contribution in [0.4, 0.5) is 5.13 Å². The number of aromatic nitrogens is 1. The first kappa shape index (κ1) is 14.0. The molecule has 2 aromatic carbocycles. The van der Waals surface area contributed by atoms with E-state index in [1.54, 1.807) is 6.07 Å². The standard InChI is InChI=1S/C18H14N2O2S/c1-11-5-4-6-12(9-11)17(21)20-18-19-16-13-7-2-3-8-14(13)22-10-15(16)23-18/h2-9H,10H2,1H3,(H,19,20,21). The Balaban J connectivity index is 1.63. The van der Waals surface area contributed by atoms with Crippen molar-refractivity contribution < 1.29 is 9.53 Å². The van der Waals surface area contributed by atoms with Crippen LogP contribution in [0.1, 0.15) is 20.8 Å². The van der Waals surface area contributed by atoms with Gasteiger partial charge in [0.15, 0.2) is 5.13 Å². The summed E-state index contributed by atoms with van der Waals surface area (Å²) in [6, 6.07) is 15.3. The molecule has 0 atom stereocenters. The molecule has 0 unspecified atom stereocenters. The second-order valence-corrected chi connectivity index (χ2v) is 6.48. The summed E-state index contributed by atoms with van der Waals surface area (Å²) in [5.41, 5.74) is 3.56. The minimum atomic E-state index is -0.144. The van der Waals surface area contributed by atoms with E-state index in [9.17, 15) is 4.79 Å². The van der Waals surface area contributed by atoms with Crippen LogP contribution in [-0.4, -0.2) is 10.9 Å². The van der Waals surface area contributed by atoms with E-state index >= 15 is 0 Å². The van der Waals surface area contributed by atoms with E-state index in [4.69, 9.17) is 4.74 Å². The molecule has 0 saturated carbocycles. The number of carbonyl (C=O) groups is 1. The number of hydrogen-bond acceptors (Lipinski definition) is 4. The van der Waals surface area contributed by atoms with Crippen LogP contribution in [0.5, 0.6) is 5.75 Å². The largest absolute Gasteiger partial charge is 0.487 e. The number of benzene rings is 2. The van der Waals surface area contributed by atoms with Crippen molar-refractivity contribution in [3.63, 3.8) is 0 Å². The molecule has 3 aromatic rings. The summed E-state index contributed by atoms with van der Waals surface area (Å²) in [5, 5.41) is 3.49. The molecule has 4 rings (SSSR count). The first-order valence-corrected chi connectivity index (χ1v) is 8.12. The maximum absolute atomic E-state index is 12.3. The predicted octanol–water partition coefficient (Wildman–Crippen LogP) is 4.26. The molecule has 1 N–H and O–H groups in total. The van der Waals surface area contributed by atoms with Crippen molar-refractivity contribution in [2.45, 2.75) is 13.5 Å². The highest BCUT2D eigenvalue weighted by molar-refractivity contribution is 7.16. The van der Waals surface area contributed by atoms with Gasteiger partial charge >= 0.3 is 0 Å². The number of ether oxygens (including phenoxy) is 1. The van der Waals surface area contributed by atoms with E-state index in [0.29, 0.717) is 17.3 Å². The molecular formula is C18H14N2O2S. The van der Waals surface area contributed by atoms with Crippen LogP contribution >= 0.6 is 11.3 Å².